The number of nitrogens with zero attached hydrogens (tertiary/aromatic N) is 1. The normalized spacial score (nSPS) is 20.7. The molecule has 2 atom stereocenters. The second-order valence-corrected chi connectivity index (χ2v) is 5.88. The van der Waals surface area contributed by atoms with Crippen LogP contribution >= 0.6 is 0 Å². The molecule has 0 bridgehead atoms. The van der Waals surface area contributed by atoms with Crippen molar-refractivity contribution in [1.82, 2.24) is 4.90 Å². The van der Waals surface area contributed by atoms with E-state index >= 15 is 0 Å². The van der Waals surface area contributed by atoms with Crippen LogP contribution in [0.15, 0.2) is 12.1 Å². The third-order valence-electron chi connectivity index (χ3n) is 4.36. The van der Waals surface area contributed by atoms with Crippen molar-refractivity contribution in [3.63, 3.8) is 0 Å². The van der Waals surface area contributed by atoms with Crippen LogP contribution in [0.3, 0.4) is 0 Å². The van der Waals surface area contributed by atoms with Gasteiger partial charge in [0.25, 0.3) is 0 Å². The summed E-state index contributed by atoms with van der Waals surface area (Å²) in [6.07, 6.45) is 1.72. The molecule has 1 aromatic rings. The third kappa shape index (κ3) is 3.79. The van der Waals surface area contributed by atoms with E-state index in [0.717, 1.165) is 19.5 Å². The summed E-state index contributed by atoms with van der Waals surface area (Å²) in [7, 11) is 0. The van der Waals surface area contributed by atoms with Gasteiger partial charge in [-0.3, -0.25) is 9.69 Å². The predicted molar refractivity (Wildman–Crippen MR) is 76.1 cm³/mol. The van der Waals surface area contributed by atoms with E-state index in [1.165, 1.54) is 12.1 Å². The summed E-state index contributed by atoms with van der Waals surface area (Å²) in [4.78, 5) is 12.7. The first-order valence-corrected chi connectivity index (χ1v) is 7.30. The van der Waals surface area contributed by atoms with Crippen molar-refractivity contribution < 1.29 is 18.7 Å². The molecule has 2 rings (SSSR count). The van der Waals surface area contributed by atoms with E-state index < -0.39 is 5.97 Å². The standard InChI is InChI=1S/C16H21F2NO2/c1-10-7-15(18)13(8-14(10)17)11(2)19-6-5-12(9-19)3-4-16(20)21/h7-8,11-12H,3-6,9H2,1-2H3,(H,20,21). The van der Waals surface area contributed by atoms with Gasteiger partial charge in [0.2, 0.25) is 0 Å². The number of rotatable bonds is 5. The number of carbonyl (C=O) groups is 1. The zero-order chi connectivity index (χ0) is 15.6. The molecule has 21 heavy (non-hydrogen) atoms. The van der Waals surface area contributed by atoms with Crippen LogP contribution in [-0.2, 0) is 4.79 Å². The predicted octanol–water partition coefficient (Wildman–Crippen LogP) is 3.52. The fourth-order valence-electron chi connectivity index (χ4n) is 2.96. The summed E-state index contributed by atoms with van der Waals surface area (Å²) in [6, 6.07) is 2.31. The fraction of sp³-hybridized carbons (Fsp3) is 0.562. The molecule has 0 spiro atoms. The molecule has 1 aliphatic rings. The fourth-order valence-corrected chi connectivity index (χ4v) is 2.96. The van der Waals surface area contributed by atoms with Crippen LogP contribution < -0.4 is 0 Å². The van der Waals surface area contributed by atoms with E-state index in [9.17, 15) is 13.6 Å². The largest absolute Gasteiger partial charge is 0.481 e. The molecule has 2 unspecified atom stereocenters. The van der Waals surface area contributed by atoms with Crippen LogP contribution in [-0.4, -0.2) is 29.1 Å². The molecule has 0 saturated carbocycles. The number of aliphatic carboxylic acids is 1. The molecule has 0 aliphatic carbocycles. The third-order valence-corrected chi connectivity index (χ3v) is 4.36. The average molecular weight is 297 g/mol. The van der Waals surface area contributed by atoms with E-state index in [1.807, 2.05) is 6.92 Å². The van der Waals surface area contributed by atoms with E-state index in [1.54, 1.807) is 6.92 Å². The molecule has 0 radical (unpaired) electrons. The molecular formula is C16H21F2NO2. The molecule has 1 aliphatic heterocycles. The smallest absolute Gasteiger partial charge is 0.303 e. The highest BCUT2D eigenvalue weighted by atomic mass is 19.1. The summed E-state index contributed by atoms with van der Waals surface area (Å²) in [5, 5.41) is 8.71. The van der Waals surface area contributed by atoms with Gasteiger partial charge in [-0.15, -0.1) is 0 Å². The zero-order valence-electron chi connectivity index (χ0n) is 12.4. The van der Waals surface area contributed by atoms with Gasteiger partial charge >= 0.3 is 5.97 Å². The highest BCUT2D eigenvalue weighted by molar-refractivity contribution is 5.66. The van der Waals surface area contributed by atoms with Gasteiger partial charge in [0, 0.05) is 24.6 Å². The van der Waals surface area contributed by atoms with E-state index in [-0.39, 0.29) is 24.1 Å². The number of hydrogen-bond acceptors (Lipinski definition) is 2. The molecule has 1 N–H and O–H groups in total. The van der Waals surface area contributed by atoms with Crippen LogP contribution in [0.4, 0.5) is 8.78 Å². The first-order chi connectivity index (χ1) is 9.88. The minimum absolute atomic E-state index is 0.167. The minimum Gasteiger partial charge on any atom is -0.481 e. The number of hydrogen-bond donors (Lipinski definition) is 1. The van der Waals surface area contributed by atoms with Crippen molar-refractivity contribution in [2.75, 3.05) is 13.1 Å². The molecule has 1 aromatic carbocycles. The Labute approximate surface area is 123 Å². The summed E-state index contributed by atoms with van der Waals surface area (Å²) >= 11 is 0. The second-order valence-electron chi connectivity index (χ2n) is 5.88. The van der Waals surface area contributed by atoms with Crippen LogP contribution in [0.5, 0.6) is 0 Å². The monoisotopic (exact) mass is 297 g/mol. The molecule has 5 heteroatoms. The first kappa shape index (κ1) is 15.9. The Morgan fingerprint density at radius 2 is 2.14 bits per heavy atom. The minimum atomic E-state index is -0.784. The number of carboxylic acids is 1. The lowest BCUT2D eigenvalue weighted by Crippen LogP contribution is -2.25. The molecule has 1 saturated heterocycles. The summed E-state index contributed by atoms with van der Waals surface area (Å²) < 4.78 is 27.7. The first-order valence-electron chi connectivity index (χ1n) is 7.30. The maximum atomic E-state index is 14.0. The topological polar surface area (TPSA) is 40.5 Å². The van der Waals surface area contributed by atoms with Gasteiger partial charge in [0.05, 0.1) is 0 Å². The van der Waals surface area contributed by atoms with Crippen molar-refractivity contribution in [1.29, 1.82) is 0 Å². The van der Waals surface area contributed by atoms with Crippen LogP contribution in [0.2, 0.25) is 0 Å². The Kier molecular flexibility index (Phi) is 4.93. The maximum Gasteiger partial charge on any atom is 0.303 e. The second kappa shape index (κ2) is 6.52. The molecule has 116 valence electrons. The number of aryl methyl sites for hydroxylation is 1. The lowest BCUT2D eigenvalue weighted by atomic mass is 10.0. The molecule has 1 fully saturated rings. The number of halogens is 2. The quantitative estimate of drug-likeness (QED) is 0.904. The molecule has 0 aromatic heterocycles. The molecule has 0 amide bonds. The maximum absolute atomic E-state index is 14.0. The Hall–Kier alpha value is -1.49. The van der Waals surface area contributed by atoms with Gasteiger partial charge in [-0.25, -0.2) is 8.78 Å². The number of benzene rings is 1. The zero-order valence-corrected chi connectivity index (χ0v) is 12.4. The van der Waals surface area contributed by atoms with E-state index in [2.05, 4.69) is 4.90 Å². The van der Waals surface area contributed by atoms with E-state index in [0.29, 0.717) is 23.5 Å². The van der Waals surface area contributed by atoms with Gasteiger partial charge in [-0.05, 0) is 56.8 Å². The number of likely N-dealkylation sites (tertiary alicyclic amines) is 1. The van der Waals surface area contributed by atoms with Crippen molar-refractivity contribution >= 4 is 5.97 Å². The van der Waals surface area contributed by atoms with Gasteiger partial charge in [-0.1, -0.05) is 0 Å². The van der Waals surface area contributed by atoms with Crippen LogP contribution in [0.1, 0.15) is 43.4 Å². The van der Waals surface area contributed by atoms with Crippen molar-refractivity contribution in [2.24, 2.45) is 5.92 Å². The van der Waals surface area contributed by atoms with Gasteiger partial charge in [-0.2, -0.15) is 0 Å². The van der Waals surface area contributed by atoms with Gasteiger partial charge < -0.3 is 5.11 Å². The SMILES string of the molecule is Cc1cc(F)c(C(C)N2CCC(CCC(=O)O)C2)cc1F. The average Bonchev–Trinajstić information content (AvgIpc) is 2.88. The van der Waals surface area contributed by atoms with Crippen molar-refractivity contribution in [2.45, 2.75) is 39.2 Å². The van der Waals surface area contributed by atoms with Crippen LogP contribution in [0.25, 0.3) is 0 Å². The summed E-state index contributed by atoms with van der Waals surface area (Å²) in [5.41, 5.74) is 0.682. The summed E-state index contributed by atoms with van der Waals surface area (Å²) in [6.45, 7) is 4.95. The van der Waals surface area contributed by atoms with Crippen LogP contribution in [0, 0.1) is 24.5 Å². The Balaban J connectivity index is 2.03. The highest BCUT2D eigenvalue weighted by Crippen LogP contribution is 2.31. The van der Waals surface area contributed by atoms with Crippen molar-refractivity contribution in [3.8, 4) is 0 Å². The Morgan fingerprint density at radius 1 is 1.43 bits per heavy atom. The summed E-state index contributed by atoms with van der Waals surface area (Å²) in [5.74, 6) is -1.23. The number of carboxylic acid groups (broad SMARTS) is 1. The lowest BCUT2D eigenvalue weighted by molar-refractivity contribution is -0.137. The molecular weight excluding hydrogens is 276 g/mol. The van der Waals surface area contributed by atoms with Crippen molar-refractivity contribution in [3.05, 3.63) is 34.9 Å². The Morgan fingerprint density at radius 3 is 2.81 bits per heavy atom. The van der Waals surface area contributed by atoms with Gasteiger partial charge in [0.15, 0.2) is 0 Å². The lowest BCUT2D eigenvalue weighted by Gasteiger charge is -2.25. The molecule has 3 nitrogen and oxygen atoms in total. The van der Waals surface area contributed by atoms with Gasteiger partial charge in [0.1, 0.15) is 11.6 Å². The Bertz CT molecular complexity index is 533. The molecule has 1 heterocycles. The highest BCUT2D eigenvalue weighted by Gasteiger charge is 2.28. The van der Waals surface area contributed by atoms with E-state index in [4.69, 9.17) is 5.11 Å².